The van der Waals surface area contributed by atoms with Gasteiger partial charge in [-0.2, -0.15) is 0 Å². The summed E-state index contributed by atoms with van der Waals surface area (Å²) < 4.78 is 59.6. The van der Waals surface area contributed by atoms with Crippen molar-refractivity contribution in [1.29, 1.82) is 0 Å². The quantitative estimate of drug-likeness (QED) is 0.0153. The molecule has 0 saturated heterocycles. The third-order valence-corrected chi connectivity index (χ3v) is 12.3. The van der Waals surface area contributed by atoms with Crippen molar-refractivity contribution < 1.29 is 164 Å². The first kappa shape index (κ1) is 87.9. The summed E-state index contributed by atoms with van der Waals surface area (Å²) in [6, 6.07) is -4.98. The van der Waals surface area contributed by atoms with Gasteiger partial charge in [0.25, 0.3) is 11.8 Å². The van der Waals surface area contributed by atoms with Crippen molar-refractivity contribution in [2.45, 2.75) is 69.5 Å². The van der Waals surface area contributed by atoms with Gasteiger partial charge in [-0.15, -0.1) is 0 Å². The Hall–Kier alpha value is -10.2. The third kappa shape index (κ3) is 46.1. The first-order chi connectivity index (χ1) is 47.6. The van der Waals surface area contributed by atoms with Gasteiger partial charge in [0.15, 0.2) is 0 Å². The first-order valence-electron chi connectivity index (χ1n) is 30.6. The summed E-state index contributed by atoms with van der Waals surface area (Å²) in [6.45, 7) is -5.53. The zero-order valence-electron chi connectivity index (χ0n) is 54.3. The van der Waals surface area contributed by atoms with Gasteiger partial charge in [-0.25, -0.2) is 33.6 Å². The van der Waals surface area contributed by atoms with E-state index in [0.717, 1.165) is 17.1 Å². The normalized spacial score (nSPS) is 13.0. The number of carboxylic acid groups (broad SMARTS) is 6. The molecule has 15 N–H and O–H groups in total. The number of nitrogens with one attached hydrogen (secondary N) is 9. The lowest BCUT2D eigenvalue weighted by atomic mass is 9.92. The van der Waals surface area contributed by atoms with Gasteiger partial charge in [0.2, 0.25) is 29.5 Å². The lowest BCUT2D eigenvalue weighted by Gasteiger charge is -2.32. The average molecular weight is 1440 g/mol. The Morgan fingerprint density at radius 3 is 0.920 bits per heavy atom. The van der Waals surface area contributed by atoms with Crippen molar-refractivity contribution in [3.05, 3.63) is 12.2 Å². The van der Waals surface area contributed by atoms with E-state index in [0.29, 0.717) is 0 Å². The Balaban J connectivity index is 2.97. The summed E-state index contributed by atoms with van der Waals surface area (Å²) in [7, 11) is 0. The van der Waals surface area contributed by atoms with Crippen molar-refractivity contribution in [2.24, 2.45) is 5.41 Å². The summed E-state index contributed by atoms with van der Waals surface area (Å²) in [4.78, 5) is 201. The number of carboxylic acids is 6. The molecular weight excluding hydrogens is 1360 g/mol. The molecule has 1 rings (SSSR count). The van der Waals surface area contributed by atoms with E-state index in [2.05, 4.69) is 47.9 Å². The predicted molar refractivity (Wildman–Crippen MR) is 326 cm³/mol. The highest BCUT2D eigenvalue weighted by molar-refractivity contribution is 6.13. The lowest BCUT2D eigenvalue weighted by Crippen LogP contribution is -2.44. The number of carbonyl (C=O) groups is 17. The van der Waals surface area contributed by atoms with Crippen molar-refractivity contribution in [2.75, 3.05) is 165 Å². The van der Waals surface area contributed by atoms with Crippen molar-refractivity contribution >= 4 is 102 Å². The Kier molecular flexibility index (Phi) is 46.5. The topological polar surface area (TPSA) is 625 Å². The molecule has 0 spiro atoms. The van der Waals surface area contributed by atoms with Gasteiger partial charge < -0.3 is 131 Å². The monoisotopic (exact) mass is 1440 g/mol. The number of rotatable bonds is 59. The SMILES string of the molecule is O=C(O)CC(NC(=O)CCOCCNC(=O)OCCOCC(COCCOC(=O)NCCOCCC(=O)NC(CC(=O)O)C(=O)O)(COCCOC(=O)NCCOCCC(=O)NC(CC(=O)O)C(=O)O)COC(=O)NCCOCCC(=O)NCCNC(=O)CCN1C(=O)C=CC1=O)C(=O)O. The van der Waals surface area contributed by atoms with Crippen molar-refractivity contribution in [1.82, 2.24) is 52.8 Å². The van der Waals surface area contributed by atoms with Crippen LogP contribution >= 0.6 is 0 Å². The van der Waals surface area contributed by atoms with E-state index >= 15 is 0 Å². The van der Waals surface area contributed by atoms with Crippen LogP contribution in [-0.4, -0.2) is 320 Å². The number of carbonyl (C=O) groups excluding carboxylic acids is 11. The summed E-state index contributed by atoms with van der Waals surface area (Å²) in [5, 5.41) is 74.7. The Labute approximate surface area is 569 Å². The molecule has 0 bridgehead atoms. The first-order valence-corrected chi connectivity index (χ1v) is 30.6. The number of hydrogen-bond donors (Lipinski definition) is 15. The molecule has 0 saturated carbocycles. The molecule has 44 heteroatoms. The highest BCUT2D eigenvalue weighted by atomic mass is 16.6. The van der Waals surface area contributed by atoms with Gasteiger partial charge in [-0.05, 0) is 0 Å². The highest BCUT2D eigenvalue weighted by Gasteiger charge is 2.35. The van der Waals surface area contributed by atoms with Gasteiger partial charge in [-0.3, -0.25) is 52.8 Å². The summed E-state index contributed by atoms with van der Waals surface area (Å²) in [6.07, 6.45) is -5.44. The van der Waals surface area contributed by atoms with Crippen LogP contribution in [0.25, 0.3) is 0 Å². The Morgan fingerprint density at radius 2 is 0.620 bits per heavy atom. The van der Waals surface area contributed by atoms with Crippen LogP contribution in [0.5, 0.6) is 0 Å². The molecule has 0 aromatic rings. The highest BCUT2D eigenvalue weighted by Crippen LogP contribution is 2.21. The molecule has 11 amide bonds. The van der Waals surface area contributed by atoms with Crippen molar-refractivity contribution in [3.63, 3.8) is 0 Å². The van der Waals surface area contributed by atoms with E-state index in [-0.39, 0.29) is 190 Å². The fourth-order valence-electron chi connectivity index (χ4n) is 7.46. The standard InChI is InChI=1S/C56H86N10O34/c67-39(3-14-66-44(72)1-2-45(66)73)57-8-9-58-40(68)4-15-90-22-13-62-55(89)100-35-56(32-94-23-26-97-52(86)59-10-19-91-16-5-41(69)63-36(49(80)81)29-46(74)75,33-95-24-27-98-53(87)60-11-20-92-17-6-42(70)64-37(50(82)83)30-47(76)77)34-96-25-28-99-54(88)61-12-21-93-18-7-43(71)65-38(51(84)85)31-48(78)79/h1-2,36-38H,3-35H2,(H,57,67)(H,58,68)(H,59,86)(H,60,87)(H,61,88)(H,62,89)(H,63,69)(H,64,70)(H,65,71)(H,74,75)(H,76,77)(H,78,79)(H,80,81)(H,82,83)(H,84,85). The number of amides is 11. The minimum Gasteiger partial charge on any atom is -0.481 e. The molecular formula is C56H86N10O34. The second-order valence-electron chi connectivity index (χ2n) is 20.6. The number of alkyl carbamates (subject to hydrolysis) is 4. The van der Waals surface area contributed by atoms with E-state index in [4.69, 9.17) is 82.7 Å². The second kappa shape index (κ2) is 52.9. The molecule has 0 radical (unpaired) electrons. The molecule has 44 nitrogen and oxygen atoms in total. The minimum absolute atomic E-state index is 0.0525. The van der Waals surface area contributed by atoms with Crippen LogP contribution in [0.1, 0.15) is 51.4 Å². The number of ether oxygens (including phenoxy) is 11. The molecule has 3 atom stereocenters. The fraction of sp³-hybridized carbons (Fsp3) is 0.661. The van der Waals surface area contributed by atoms with Crippen LogP contribution in [-0.2, 0) is 114 Å². The van der Waals surface area contributed by atoms with Crippen LogP contribution in [0.2, 0.25) is 0 Å². The van der Waals surface area contributed by atoms with Gasteiger partial charge in [-0.1, -0.05) is 0 Å². The molecule has 3 unspecified atom stereocenters. The Morgan fingerprint density at radius 1 is 0.330 bits per heavy atom. The van der Waals surface area contributed by atoms with Gasteiger partial charge in [0, 0.05) is 90.1 Å². The van der Waals surface area contributed by atoms with Gasteiger partial charge in [0.1, 0.15) is 44.6 Å². The lowest BCUT2D eigenvalue weighted by molar-refractivity contribution is -0.147. The van der Waals surface area contributed by atoms with Gasteiger partial charge in [0.05, 0.1) is 117 Å². The maximum Gasteiger partial charge on any atom is 0.407 e. The second-order valence-corrected chi connectivity index (χ2v) is 20.6. The number of hydrogen-bond acceptors (Lipinski definition) is 28. The average Bonchev–Trinajstić information content (AvgIpc) is 1.72. The molecule has 1 aliphatic heterocycles. The molecule has 0 fully saturated rings. The maximum absolute atomic E-state index is 13.1. The van der Waals surface area contributed by atoms with E-state index in [1.165, 1.54) is 0 Å². The molecule has 0 aliphatic carbocycles. The largest absolute Gasteiger partial charge is 0.481 e. The zero-order valence-corrected chi connectivity index (χ0v) is 54.3. The number of aliphatic carboxylic acids is 6. The van der Waals surface area contributed by atoms with E-state index in [9.17, 15) is 81.5 Å². The minimum atomic E-state index is -1.66. The van der Waals surface area contributed by atoms with Crippen LogP contribution in [0.3, 0.4) is 0 Å². The maximum atomic E-state index is 13.1. The predicted octanol–water partition coefficient (Wildman–Crippen LogP) is -5.77. The van der Waals surface area contributed by atoms with Crippen LogP contribution < -0.4 is 47.9 Å². The van der Waals surface area contributed by atoms with Crippen molar-refractivity contribution in [3.8, 4) is 0 Å². The van der Waals surface area contributed by atoms with Crippen LogP contribution in [0, 0.1) is 5.41 Å². The molecule has 564 valence electrons. The van der Waals surface area contributed by atoms with Crippen LogP contribution in [0.15, 0.2) is 12.2 Å². The Bertz CT molecular complexity index is 2500. The number of imide groups is 1. The van der Waals surface area contributed by atoms with E-state index < -0.39 is 151 Å². The molecule has 1 aliphatic rings. The van der Waals surface area contributed by atoms with Crippen LogP contribution in [0.4, 0.5) is 19.2 Å². The third-order valence-electron chi connectivity index (χ3n) is 12.3. The van der Waals surface area contributed by atoms with Gasteiger partial charge >= 0.3 is 60.2 Å². The molecule has 0 aromatic heterocycles. The summed E-state index contributed by atoms with van der Waals surface area (Å²) in [5.41, 5.74) is -1.47. The number of nitrogens with zero attached hydrogens (tertiary/aromatic N) is 1. The van der Waals surface area contributed by atoms with E-state index in [1.807, 2.05) is 0 Å². The molecule has 0 aromatic carbocycles. The zero-order chi connectivity index (χ0) is 74.5. The fourth-order valence-corrected chi connectivity index (χ4v) is 7.46. The summed E-state index contributed by atoms with van der Waals surface area (Å²) in [5.74, 6) is -13.3. The van der Waals surface area contributed by atoms with E-state index in [1.54, 1.807) is 0 Å². The molecule has 1 heterocycles. The molecule has 100 heavy (non-hydrogen) atoms. The smallest absolute Gasteiger partial charge is 0.407 e. The summed E-state index contributed by atoms with van der Waals surface area (Å²) >= 11 is 0.